The van der Waals surface area contributed by atoms with Crippen LogP contribution in [0, 0.1) is 0 Å². The summed E-state index contributed by atoms with van der Waals surface area (Å²) in [7, 11) is 2.18. The second kappa shape index (κ2) is 8.54. The zero-order valence-corrected chi connectivity index (χ0v) is 13.7. The van der Waals surface area contributed by atoms with Crippen molar-refractivity contribution in [2.24, 2.45) is 0 Å². The van der Waals surface area contributed by atoms with Crippen molar-refractivity contribution < 1.29 is 4.58 Å². The fourth-order valence-corrected chi connectivity index (χ4v) is 2.83. The molecule has 2 rings (SSSR count). The van der Waals surface area contributed by atoms with Crippen LogP contribution in [0.25, 0.3) is 0 Å². The Hall–Kier alpha value is -0.610. The van der Waals surface area contributed by atoms with Gasteiger partial charge in [0.05, 0.1) is 20.3 Å². The summed E-state index contributed by atoms with van der Waals surface area (Å²) < 4.78 is 2.35. The van der Waals surface area contributed by atoms with Crippen LogP contribution in [0.5, 0.6) is 0 Å². The predicted molar refractivity (Wildman–Crippen MR) is 83.0 cm³/mol. The minimum atomic E-state index is 1.16. The Labute approximate surface area is 119 Å². The minimum absolute atomic E-state index is 1.16. The van der Waals surface area contributed by atoms with Crippen molar-refractivity contribution in [2.75, 3.05) is 59.5 Å². The molecule has 4 nitrogen and oxygen atoms in total. The van der Waals surface area contributed by atoms with Gasteiger partial charge in [0.15, 0.2) is 0 Å². The molecule has 2 aliphatic heterocycles. The normalized spacial score (nSPS) is 21.0. The van der Waals surface area contributed by atoms with E-state index in [1.54, 1.807) is 0 Å². The van der Waals surface area contributed by atoms with Crippen LogP contribution in [0.2, 0.25) is 0 Å². The van der Waals surface area contributed by atoms with Crippen molar-refractivity contribution in [3.8, 4) is 0 Å². The molecule has 0 aromatic carbocycles. The molecule has 0 aliphatic carbocycles. The van der Waals surface area contributed by atoms with E-state index in [9.17, 15) is 0 Å². The number of rotatable bonds is 4. The van der Waals surface area contributed by atoms with Crippen LogP contribution in [-0.4, -0.2) is 84.6 Å². The lowest BCUT2D eigenvalue weighted by Gasteiger charge is -2.13. The summed E-state index contributed by atoms with van der Waals surface area (Å²) >= 11 is 0. The summed E-state index contributed by atoms with van der Waals surface area (Å²) in [6.45, 7) is 18.6. The molecule has 1 fully saturated rings. The first-order valence-electron chi connectivity index (χ1n) is 7.92. The lowest BCUT2D eigenvalue weighted by molar-refractivity contribution is -0.487. The topological polar surface area (TPSA) is 12.7 Å². The summed E-state index contributed by atoms with van der Waals surface area (Å²) in [4.78, 5) is 7.37. The molecule has 19 heavy (non-hydrogen) atoms. The first-order chi connectivity index (χ1) is 9.15. The molecule has 0 bridgehead atoms. The van der Waals surface area contributed by atoms with Gasteiger partial charge in [0, 0.05) is 19.5 Å². The van der Waals surface area contributed by atoms with E-state index in [-0.39, 0.29) is 0 Å². The SMILES string of the molecule is CCC1=[N+](C)CCN1CC.CCN1CCN(CC)C1. The van der Waals surface area contributed by atoms with Gasteiger partial charge in [0.1, 0.15) is 13.1 Å². The van der Waals surface area contributed by atoms with Gasteiger partial charge in [0.25, 0.3) is 0 Å². The molecule has 0 aromatic heterocycles. The highest BCUT2D eigenvalue weighted by Gasteiger charge is 2.24. The van der Waals surface area contributed by atoms with Gasteiger partial charge in [-0.25, -0.2) is 0 Å². The summed E-state index contributed by atoms with van der Waals surface area (Å²) in [6, 6.07) is 0. The molecule has 0 saturated carbocycles. The number of hydrogen-bond acceptors (Lipinski definition) is 3. The Morgan fingerprint density at radius 3 is 1.79 bits per heavy atom. The van der Waals surface area contributed by atoms with Crippen molar-refractivity contribution in [1.82, 2.24) is 14.7 Å². The Kier molecular flexibility index (Phi) is 7.39. The molecule has 0 atom stereocenters. The van der Waals surface area contributed by atoms with E-state index in [4.69, 9.17) is 0 Å². The zero-order chi connectivity index (χ0) is 14.3. The van der Waals surface area contributed by atoms with Crippen molar-refractivity contribution in [1.29, 1.82) is 0 Å². The standard InChI is InChI=1S/C8H17N2.C7H16N2/c1-4-8-9(3)6-7-10(8)5-2;1-3-8-5-6-9(4-2)7-8/h4-7H2,1-3H3;3-7H2,1-2H3/q+1;. The Bertz CT molecular complexity index is 278. The van der Waals surface area contributed by atoms with Crippen molar-refractivity contribution in [3.05, 3.63) is 0 Å². The maximum absolute atomic E-state index is 2.46. The second-order valence-corrected chi connectivity index (χ2v) is 5.33. The fraction of sp³-hybridized carbons (Fsp3) is 0.933. The molecule has 4 heteroatoms. The van der Waals surface area contributed by atoms with Gasteiger partial charge in [0.2, 0.25) is 5.84 Å². The van der Waals surface area contributed by atoms with Crippen LogP contribution in [-0.2, 0) is 0 Å². The van der Waals surface area contributed by atoms with Gasteiger partial charge < -0.3 is 0 Å². The van der Waals surface area contributed by atoms with E-state index >= 15 is 0 Å². The Balaban J connectivity index is 0.000000191. The largest absolute Gasteiger partial charge is 0.289 e. The average molecular weight is 269 g/mol. The van der Waals surface area contributed by atoms with Gasteiger partial charge >= 0.3 is 0 Å². The molecule has 0 spiro atoms. The molecule has 2 heterocycles. The van der Waals surface area contributed by atoms with Crippen LogP contribution in [0.15, 0.2) is 0 Å². The first-order valence-corrected chi connectivity index (χ1v) is 7.92. The van der Waals surface area contributed by atoms with Gasteiger partial charge in [-0.2, -0.15) is 0 Å². The van der Waals surface area contributed by atoms with Crippen LogP contribution in [0.3, 0.4) is 0 Å². The molecule has 0 aromatic rings. The minimum Gasteiger partial charge on any atom is -0.289 e. The van der Waals surface area contributed by atoms with E-state index in [0.29, 0.717) is 0 Å². The van der Waals surface area contributed by atoms with Crippen molar-refractivity contribution in [2.45, 2.75) is 34.1 Å². The third kappa shape index (κ3) is 4.77. The quantitative estimate of drug-likeness (QED) is 0.716. The highest BCUT2D eigenvalue weighted by Crippen LogP contribution is 2.02. The number of amidine groups is 1. The van der Waals surface area contributed by atoms with Crippen LogP contribution < -0.4 is 0 Å². The number of hydrogen-bond donors (Lipinski definition) is 0. The molecule has 0 unspecified atom stereocenters. The molecule has 0 N–H and O–H groups in total. The Morgan fingerprint density at radius 2 is 1.47 bits per heavy atom. The van der Waals surface area contributed by atoms with Crippen LogP contribution >= 0.6 is 0 Å². The lowest BCUT2D eigenvalue weighted by Crippen LogP contribution is -2.27. The monoisotopic (exact) mass is 269 g/mol. The van der Waals surface area contributed by atoms with Gasteiger partial charge in [-0.05, 0) is 20.0 Å². The third-order valence-electron chi connectivity index (χ3n) is 4.24. The summed E-state index contributed by atoms with van der Waals surface area (Å²) in [5.41, 5.74) is 0. The average Bonchev–Trinajstić information content (AvgIpc) is 3.04. The number of nitrogens with zero attached hydrogens (tertiary/aromatic N) is 4. The van der Waals surface area contributed by atoms with E-state index in [2.05, 4.69) is 54.0 Å². The second-order valence-electron chi connectivity index (χ2n) is 5.33. The third-order valence-corrected chi connectivity index (χ3v) is 4.24. The van der Waals surface area contributed by atoms with E-state index in [0.717, 1.165) is 6.54 Å². The predicted octanol–water partition coefficient (Wildman–Crippen LogP) is 1.37. The van der Waals surface area contributed by atoms with Crippen molar-refractivity contribution in [3.63, 3.8) is 0 Å². The van der Waals surface area contributed by atoms with Gasteiger partial charge in [-0.15, -0.1) is 0 Å². The lowest BCUT2D eigenvalue weighted by atomic mass is 10.4. The maximum Gasteiger partial charge on any atom is 0.246 e. The summed E-state index contributed by atoms with van der Waals surface area (Å²) in [5.74, 6) is 1.50. The van der Waals surface area contributed by atoms with Crippen LogP contribution in [0.4, 0.5) is 0 Å². The molecule has 2 aliphatic rings. The van der Waals surface area contributed by atoms with E-state index in [1.807, 2.05) is 0 Å². The summed E-state index contributed by atoms with van der Waals surface area (Å²) in [5, 5.41) is 0. The Morgan fingerprint density at radius 1 is 0.895 bits per heavy atom. The number of likely N-dealkylation sites (N-methyl/N-ethyl adjacent to an activating group) is 4. The fourth-order valence-electron chi connectivity index (χ4n) is 2.83. The maximum atomic E-state index is 2.46. The smallest absolute Gasteiger partial charge is 0.246 e. The molecule has 0 radical (unpaired) electrons. The highest BCUT2D eigenvalue weighted by atomic mass is 15.4. The molecular formula is C15H33N4+. The van der Waals surface area contributed by atoms with E-state index in [1.165, 1.54) is 58.2 Å². The molecule has 1 saturated heterocycles. The van der Waals surface area contributed by atoms with Gasteiger partial charge in [-0.3, -0.25) is 19.3 Å². The first kappa shape index (κ1) is 16.4. The zero-order valence-electron chi connectivity index (χ0n) is 13.7. The van der Waals surface area contributed by atoms with E-state index < -0.39 is 0 Å². The highest BCUT2D eigenvalue weighted by molar-refractivity contribution is 5.77. The summed E-state index contributed by atoms with van der Waals surface area (Å²) in [6.07, 6.45) is 1.17. The van der Waals surface area contributed by atoms with Crippen molar-refractivity contribution >= 4 is 5.84 Å². The van der Waals surface area contributed by atoms with Gasteiger partial charge in [-0.1, -0.05) is 20.8 Å². The molecular weight excluding hydrogens is 236 g/mol. The molecule has 112 valence electrons. The van der Waals surface area contributed by atoms with Crippen LogP contribution in [0.1, 0.15) is 34.1 Å². The molecule has 0 amide bonds.